The molecule has 2 rings (SSSR count). The van der Waals surface area contributed by atoms with Gasteiger partial charge in [-0.2, -0.15) is 15.4 Å². The van der Waals surface area contributed by atoms with Crippen LogP contribution in [0.1, 0.15) is 12.1 Å². The molecule has 7 heteroatoms. The van der Waals surface area contributed by atoms with Crippen molar-refractivity contribution >= 4 is 9.84 Å². The molecule has 0 bridgehead atoms. The third kappa shape index (κ3) is 2.30. The number of nitrogens with one attached hydrogen (secondary N) is 2. The van der Waals surface area contributed by atoms with Gasteiger partial charge in [0.25, 0.3) is 0 Å². The van der Waals surface area contributed by atoms with Crippen LogP contribution in [-0.4, -0.2) is 41.4 Å². The van der Waals surface area contributed by atoms with E-state index < -0.39 is 9.84 Å². The molecule has 0 aromatic carbocycles. The lowest BCUT2D eigenvalue weighted by Gasteiger charge is -2.07. The van der Waals surface area contributed by atoms with Gasteiger partial charge in [0.05, 0.1) is 23.4 Å². The van der Waals surface area contributed by atoms with Gasteiger partial charge in [-0.15, -0.1) is 0 Å². The van der Waals surface area contributed by atoms with Crippen LogP contribution in [0.2, 0.25) is 0 Å². The van der Waals surface area contributed by atoms with E-state index in [9.17, 15) is 8.42 Å². The number of rotatable bonds is 3. The van der Waals surface area contributed by atoms with Crippen molar-refractivity contribution in [2.75, 3.05) is 11.5 Å². The van der Waals surface area contributed by atoms with Crippen LogP contribution < -0.4 is 5.32 Å². The van der Waals surface area contributed by atoms with Gasteiger partial charge in [-0.05, 0) is 6.42 Å². The second kappa shape index (κ2) is 3.66. The zero-order valence-electron chi connectivity index (χ0n) is 7.60. The van der Waals surface area contributed by atoms with Crippen LogP contribution in [0, 0.1) is 0 Å². The molecule has 0 aliphatic carbocycles. The normalized spacial score (nSPS) is 25.3. The van der Waals surface area contributed by atoms with Crippen molar-refractivity contribution in [1.29, 1.82) is 0 Å². The molecule has 1 fully saturated rings. The molecule has 78 valence electrons. The molecule has 1 aliphatic rings. The summed E-state index contributed by atoms with van der Waals surface area (Å²) >= 11 is 0. The molecule has 0 saturated carbocycles. The average Bonchev–Trinajstić information content (AvgIpc) is 2.70. The Hall–Kier alpha value is -0.950. The van der Waals surface area contributed by atoms with Gasteiger partial charge in [0.1, 0.15) is 0 Å². The van der Waals surface area contributed by atoms with Crippen molar-refractivity contribution in [3.05, 3.63) is 11.9 Å². The first-order chi connectivity index (χ1) is 6.66. The third-order valence-corrected chi connectivity index (χ3v) is 4.04. The molecule has 1 atom stereocenters. The van der Waals surface area contributed by atoms with Crippen molar-refractivity contribution in [2.24, 2.45) is 0 Å². The summed E-state index contributed by atoms with van der Waals surface area (Å²) in [6.45, 7) is 0.566. The highest BCUT2D eigenvalue weighted by Crippen LogP contribution is 2.11. The maximum absolute atomic E-state index is 11.1. The van der Waals surface area contributed by atoms with E-state index in [1.807, 2.05) is 0 Å². The molecule has 1 unspecified atom stereocenters. The Morgan fingerprint density at radius 1 is 1.64 bits per heavy atom. The quantitative estimate of drug-likeness (QED) is 0.682. The Bertz CT molecular complexity index is 386. The lowest BCUT2D eigenvalue weighted by Crippen LogP contribution is -2.29. The molecule has 2 N–H and O–H groups in total. The molecular formula is C7H12N4O2S. The molecule has 1 aromatic rings. The molecule has 6 nitrogen and oxygen atoms in total. The molecule has 0 amide bonds. The Kier molecular flexibility index (Phi) is 2.51. The second-order valence-corrected chi connectivity index (χ2v) is 5.67. The van der Waals surface area contributed by atoms with E-state index in [0.717, 1.165) is 5.69 Å². The maximum Gasteiger partial charge on any atom is 0.151 e. The first-order valence-corrected chi connectivity index (χ1v) is 6.26. The summed E-state index contributed by atoms with van der Waals surface area (Å²) in [5.74, 6) is 0.536. The summed E-state index contributed by atoms with van der Waals surface area (Å²) < 4.78 is 22.3. The van der Waals surface area contributed by atoms with Gasteiger partial charge in [-0.25, -0.2) is 8.42 Å². The summed E-state index contributed by atoms with van der Waals surface area (Å²) in [4.78, 5) is 0. The Morgan fingerprint density at radius 2 is 2.50 bits per heavy atom. The van der Waals surface area contributed by atoms with E-state index in [4.69, 9.17) is 0 Å². The molecule has 0 radical (unpaired) electrons. The predicted octanol–water partition coefficient (Wildman–Crippen LogP) is -0.919. The van der Waals surface area contributed by atoms with Gasteiger partial charge in [0.15, 0.2) is 9.84 Å². The molecule has 0 spiro atoms. The van der Waals surface area contributed by atoms with E-state index in [1.54, 1.807) is 6.20 Å². The number of hydrogen-bond donors (Lipinski definition) is 2. The fourth-order valence-corrected chi connectivity index (χ4v) is 3.22. The molecule has 1 aliphatic heterocycles. The summed E-state index contributed by atoms with van der Waals surface area (Å²) in [6.07, 6.45) is 2.32. The molecule has 1 aromatic heterocycles. The lowest BCUT2D eigenvalue weighted by atomic mass is 10.2. The SMILES string of the molecule is O=S1(=O)CCC(NCc2cn[nH]n2)C1. The van der Waals surface area contributed by atoms with Gasteiger partial charge < -0.3 is 5.32 Å². The minimum atomic E-state index is -2.79. The summed E-state index contributed by atoms with van der Waals surface area (Å²) in [5, 5.41) is 13.2. The first kappa shape index (κ1) is 9.60. The zero-order chi connectivity index (χ0) is 10.0. The van der Waals surface area contributed by atoms with Crippen LogP contribution in [0.15, 0.2) is 6.20 Å². The van der Waals surface area contributed by atoms with Crippen LogP contribution in [0.3, 0.4) is 0 Å². The fourth-order valence-electron chi connectivity index (χ4n) is 1.52. The van der Waals surface area contributed by atoms with Crippen molar-refractivity contribution in [3.8, 4) is 0 Å². The van der Waals surface area contributed by atoms with E-state index in [-0.39, 0.29) is 11.8 Å². The Morgan fingerprint density at radius 3 is 3.07 bits per heavy atom. The predicted molar refractivity (Wildman–Crippen MR) is 50.3 cm³/mol. The summed E-state index contributed by atoms with van der Waals surface area (Å²) in [5.41, 5.74) is 0.800. The topological polar surface area (TPSA) is 87.7 Å². The standard InChI is InChI=1S/C7H12N4O2S/c12-14(13)2-1-6(5-14)8-3-7-4-9-11-10-7/h4,6,8H,1-3,5H2,(H,9,10,11). The van der Waals surface area contributed by atoms with Gasteiger partial charge in [0, 0.05) is 12.6 Å². The van der Waals surface area contributed by atoms with Crippen molar-refractivity contribution in [3.63, 3.8) is 0 Å². The molecular weight excluding hydrogens is 204 g/mol. The van der Waals surface area contributed by atoms with Crippen LogP contribution in [0.5, 0.6) is 0 Å². The van der Waals surface area contributed by atoms with Gasteiger partial charge in [-0.3, -0.25) is 0 Å². The Balaban J connectivity index is 1.83. The maximum atomic E-state index is 11.1. The number of nitrogens with zero attached hydrogens (tertiary/aromatic N) is 2. The van der Waals surface area contributed by atoms with Crippen LogP contribution >= 0.6 is 0 Å². The van der Waals surface area contributed by atoms with Crippen LogP contribution in [0.4, 0.5) is 0 Å². The number of sulfone groups is 1. The summed E-state index contributed by atoms with van der Waals surface area (Å²) in [7, 11) is -2.79. The highest BCUT2D eigenvalue weighted by atomic mass is 32.2. The third-order valence-electron chi connectivity index (χ3n) is 2.27. The number of H-pyrrole nitrogens is 1. The van der Waals surface area contributed by atoms with Crippen molar-refractivity contribution in [2.45, 2.75) is 19.0 Å². The van der Waals surface area contributed by atoms with E-state index >= 15 is 0 Å². The highest BCUT2D eigenvalue weighted by Gasteiger charge is 2.27. The monoisotopic (exact) mass is 216 g/mol. The van der Waals surface area contributed by atoms with E-state index in [0.29, 0.717) is 18.7 Å². The largest absolute Gasteiger partial charge is 0.307 e. The number of hydrogen-bond acceptors (Lipinski definition) is 5. The van der Waals surface area contributed by atoms with E-state index in [2.05, 4.69) is 20.7 Å². The minimum Gasteiger partial charge on any atom is -0.307 e. The number of aromatic nitrogens is 3. The zero-order valence-corrected chi connectivity index (χ0v) is 8.42. The minimum absolute atomic E-state index is 0.0664. The second-order valence-electron chi connectivity index (χ2n) is 3.44. The molecule has 1 saturated heterocycles. The highest BCUT2D eigenvalue weighted by molar-refractivity contribution is 7.91. The average molecular weight is 216 g/mol. The molecule has 2 heterocycles. The lowest BCUT2D eigenvalue weighted by molar-refractivity contribution is 0.548. The van der Waals surface area contributed by atoms with Crippen LogP contribution in [-0.2, 0) is 16.4 Å². The van der Waals surface area contributed by atoms with Crippen LogP contribution in [0.25, 0.3) is 0 Å². The first-order valence-electron chi connectivity index (χ1n) is 4.44. The van der Waals surface area contributed by atoms with Gasteiger partial charge in [-0.1, -0.05) is 0 Å². The van der Waals surface area contributed by atoms with E-state index in [1.165, 1.54) is 0 Å². The number of aromatic amines is 1. The molecule has 14 heavy (non-hydrogen) atoms. The fraction of sp³-hybridized carbons (Fsp3) is 0.714. The summed E-state index contributed by atoms with van der Waals surface area (Å²) in [6, 6.07) is 0.0664. The van der Waals surface area contributed by atoms with Crippen molar-refractivity contribution in [1.82, 2.24) is 20.7 Å². The van der Waals surface area contributed by atoms with Crippen molar-refractivity contribution < 1.29 is 8.42 Å². The van der Waals surface area contributed by atoms with Gasteiger partial charge in [0.2, 0.25) is 0 Å². The Labute approximate surface area is 82.0 Å². The smallest absolute Gasteiger partial charge is 0.151 e. The van der Waals surface area contributed by atoms with Gasteiger partial charge >= 0.3 is 0 Å².